The van der Waals surface area contributed by atoms with Crippen LogP contribution < -0.4 is 15.5 Å². The predicted octanol–water partition coefficient (Wildman–Crippen LogP) is 2.93. The molecule has 0 radical (unpaired) electrons. The minimum Gasteiger partial charge on any atom is -0.354 e. The average molecular weight is 438 g/mol. The van der Waals surface area contributed by atoms with Crippen LogP contribution in [0.1, 0.15) is 10.4 Å². The Kier molecular flexibility index (Phi) is 4.73. The normalized spacial score (nSPS) is 14.1. The molecule has 6 heterocycles. The van der Waals surface area contributed by atoms with Crippen LogP contribution in [0.4, 0.5) is 11.5 Å². The molecule has 3 N–H and O–H groups in total. The van der Waals surface area contributed by atoms with Gasteiger partial charge in [-0.05, 0) is 30.3 Å². The first kappa shape index (κ1) is 19.4. The molecule has 5 aromatic heterocycles. The second-order valence-corrected chi connectivity index (χ2v) is 8.03. The first-order valence-electron chi connectivity index (χ1n) is 10.9. The number of piperazine rings is 1. The summed E-state index contributed by atoms with van der Waals surface area (Å²) >= 11 is 0. The lowest BCUT2D eigenvalue weighted by Crippen LogP contribution is -2.43. The van der Waals surface area contributed by atoms with Gasteiger partial charge in [0.2, 0.25) is 0 Å². The van der Waals surface area contributed by atoms with Crippen molar-refractivity contribution in [3.05, 3.63) is 73.1 Å². The minimum atomic E-state index is -0.188. The Hall–Kier alpha value is -4.24. The lowest BCUT2D eigenvalue weighted by molar-refractivity contribution is 0.102. The van der Waals surface area contributed by atoms with Crippen molar-refractivity contribution in [2.45, 2.75) is 0 Å². The number of rotatable bonds is 4. The van der Waals surface area contributed by atoms with E-state index in [4.69, 9.17) is 0 Å². The van der Waals surface area contributed by atoms with Gasteiger partial charge in [0, 0.05) is 79.2 Å². The number of H-pyrrole nitrogens is 1. The third-order valence-corrected chi connectivity index (χ3v) is 5.94. The van der Waals surface area contributed by atoms with Gasteiger partial charge in [0.1, 0.15) is 17.1 Å². The Bertz CT molecular complexity index is 1460. The number of nitrogens with zero attached hydrogens (tertiary/aromatic N) is 5. The number of aromatic nitrogens is 5. The van der Waals surface area contributed by atoms with Gasteiger partial charge in [0.25, 0.3) is 5.91 Å². The van der Waals surface area contributed by atoms with Crippen LogP contribution in [0.2, 0.25) is 0 Å². The van der Waals surface area contributed by atoms with Crippen molar-refractivity contribution < 1.29 is 4.79 Å². The van der Waals surface area contributed by atoms with Gasteiger partial charge in [0.05, 0.1) is 11.9 Å². The summed E-state index contributed by atoms with van der Waals surface area (Å²) in [4.78, 5) is 31.6. The van der Waals surface area contributed by atoms with Crippen LogP contribution in [0.5, 0.6) is 0 Å². The lowest BCUT2D eigenvalue weighted by Gasteiger charge is -2.28. The predicted molar refractivity (Wildman–Crippen MR) is 128 cm³/mol. The maximum atomic E-state index is 13.0. The molecule has 1 aliphatic heterocycles. The summed E-state index contributed by atoms with van der Waals surface area (Å²) in [6, 6.07) is 9.53. The highest BCUT2D eigenvalue weighted by Crippen LogP contribution is 2.29. The van der Waals surface area contributed by atoms with E-state index >= 15 is 0 Å². The summed E-state index contributed by atoms with van der Waals surface area (Å²) in [6.07, 6.45) is 11.0. The zero-order chi connectivity index (χ0) is 22.2. The van der Waals surface area contributed by atoms with Crippen LogP contribution >= 0.6 is 0 Å². The highest BCUT2D eigenvalue weighted by molar-refractivity contribution is 6.06. The number of aromatic amines is 1. The van der Waals surface area contributed by atoms with Gasteiger partial charge in [-0.3, -0.25) is 4.79 Å². The average Bonchev–Trinajstić information content (AvgIpc) is 3.51. The summed E-state index contributed by atoms with van der Waals surface area (Å²) in [7, 11) is 0. The highest BCUT2D eigenvalue weighted by Gasteiger charge is 2.15. The molecule has 9 nitrogen and oxygen atoms in total. The van der Waals surface area contributed by atoms with Crippen molar-refractivity contribution in [1.29, 1.82) is 0 Å². The van der Waals surface area contributed by atoms with E-state index in [2.05, 4.69) is 35.5 Å². The molecule has 0 bridgehead atoms. The number of nitrogens with one attached hydrogen (secondary N) is 3. The molecule has 1 aliphatic rings. The summed E-state index contributed by atoms with van der Waals surface area (Å²) in [5, 5.41) is 7.25. The zero-order valence-electron chi connectivity index (χ0n) is 17.8. The topological polar surface area (TPSA) is 103 Å². The molecule has 164 valence electrons. The van der Waals surface area contributed by atoms with E-state index in [9.17, 15) is 4.79 Å². The van der Waals surface area contributed by atoms with E-state index in [1.807, 2.05) is 47.3 Å². The SMILES string of the molecule is O=C(Nc1cnc2[nH]cc(-c3ccc4nccn4c3)c2c1)c1ccnc(N2CCNCC2)c1. The minimum absolute atomic E-state index is 0.188. The number of carbonyl (C=O) groups excluding carboxylic acids is 1. The van der Waals surface area contributed by atoms with Crippen LogP contribution in [-0.2, 0) is 0 Å². The third-order valence-electron chi connectivity index (χ3n) is 5.94. The first-order valence-corrected chi connectivity index (χ1v) is 10.9. The maximum Gasteiger partial charge on any atom is 0.255 e. The maximum absolute atomic E-state index is 13.0. The molecule has 0 atom stereocenters. The van der Waals surface area contributed by atoms with Crippen molar-refractivity contribution in [3.8, 4) is 11.1 Å². The van der Waals surface area contributed by atoms with Gasteiger partial charge in [-0.2, -0.15) is 0 Å². The fourth-order valence-electron chi connectivity index (χ4n) is 4.22. The van der Waals surface area contributed by atoms with E-state index < -0.39 is 0 Å². The molecule has 0 unspecified atom stereocenters. The fourth-order valence-corrected chi connectivity index (χ4v) is 4.22. The molecular weight excluding hydrogens is 416 g/mol. The molecule has 6 rings (SSSR count). The highest BCUT2D eigenvalue weighted by atomic mass is 16.1. The summed E-state index contributed by atoms with van der Waals surface area (Å²) in [6.45, 7) is 3.58. The third kappa shape index (κ3) is 3.68. The van der Waals surface area contributed by atoms with Gasteiger partial charge in [-0.1, -0.05) is 0 Å². The largest absolute Gasteiger partial charge is 0.354 e. The second kappa shape index (κ2) is 8.03. The molecule has 0 aromatic carbocycles. The van der Waals surface area contributed by atoms with Crippen LogP contribution in [0, 0.1) is 0 Å². The van der Waals surface area contributed by atoms with Crippen LogP contribution in [0.3, 0.4) is 0 Å². The van der Waals surface area contributed by atoms with E-state index in [0.717, 1.165) is 59.8 Å². The monoisotopic (exact) mass is 438 g/mol. The Morgan fingerprint density at radius 1 is 1.03 bits per heavy atom. The second-order valence-electron chi connectivity index (χ2n) is 8.03. The molecule has 33 heavy (non-hydrogen) atoms. The number of imidazole rings is 1. The molecule has 1 amide bonds. The Balaban J connectivity index is 1.28. The number of amides is 1. The zero-order valence-corrected chi connectivity index (χ0v) is 17.8. The number of pyridine rings is 3. The Labute approximate surface area is 189 Å². The van der Waals surface area contributed by atoms with Crippen molar-refractivity contribution in [1.82, 2.24) is 29.7 Å². The smallest absolute Gasteiger partial charge is 0.255 e. The fraction of sp³-hybridized carbons (Fsp3) is 0.167. The van der Waals surface area contributed by atoms with E-state index in [0.29, 0.717) is 11.3 Å². The van der Waals surface area contributed by atoms with Gasteiger partial charge >= 0.3 is 0 Å². The van der Waals surface area contributed by atoms with Crippen LogP contribution in [0.15, 0.2) is 67.5 Å². The Morgan fingerprint density at radius 2 is 1.94 bits per heavy atom. The molecule has 5 aromatic rings. The van der Waals surface area contributed by atoms with E-state index in [1.54, 1.807) is 24.7 Å². The molecule has 0 saturated carbocycles. The van der Waals surface area contributed by atoms with Gasteiger partial charge in [0.15, 0.2) is 0 Å². The van der Waals surface area contributed by atoms with Crippen LogP contribution in [-0.4, -0.2) is 56.4 Å². The quantitative estimate of drug-likeness (QED) is 0.399. The summed E-state index contributed by atoms with van der Waals surface area (Å²) in [5.74, 6) is 0.632. The van der Waals surface area contributed by atoms with Crippen molar-refractivity contribution in [2.75, 3.05) is 36.4 Å². The van der Waals surface area contributed by atoms with Crippen molar-refractivity contribution in [3.63, 3.8) is 0 Å². The molecule has 1 saturated heterocycles. The number of hydrogen-bond acceptors (Lipinski definition) is 6. The molecule has 0 aliphatic carbocycles. The van der Waals surface area contributed by atoms with E-state index in [-0.39, 0.29) is 5.91 Å². The molecule has 9 heteroatoms. The van der Waals surface area contributed by atoms with E-state index in [1.165, 1.54) is 0 Å². The lowest BCUT2D eigenvalue weighted by atomic mass is 10.1. The molecule has 0 spiro atoms. The Morgan fingerprint density at radius 3 is 2.85 bits per heavy atom. The summed E-state index contributed by atoms with van der Waals surface area (Å²) in [5.41, 5.74) is 4.90. The van der Waals surface area contributed by atoms with Crippen LogP contribution in [0.25, 0.3) is 27.8 Å². The molecule has 1 fully saturated rings. The standard InChI is InChI=1S/C24H22N8O/c33-24(16-3-4-26-22(11-16)31-8-5-25-6-9-31)30-18-12-19-20(14-29-23(19)28-13-18)17-1-2-21-27-7-10-32(21)15-17/h1-4,7,10-15,25H,5-6,8-9H2,(H,28,29)(H,30,33). The number of fused-ring (bicyclic) bond motifs is 2. The van der Waals surface area contributed by atoms with Gasteiger partial charge < -0.3 is 24.9 Å². The number of hydrogen-bond donors (Lipinski definition) is 3. The molecular formula is C24H22N8O. The van der Waals surface area contributed by atoms with Gasteiger partial charge in [-0.15, -0.1) is 0 Å². The van der Waals surface area contributed by atoms with Gasteiger partial charge in [-0.25, -0.2) is 15.0 Å². The van der Waals surface area contributed by atoms with Crippen molar-refractivity contribution in [2.24, 2.45) is 0 Å². The number of carbonyl (C=O) groups is 1. The van der Waals surface area contributed by atoms with Crippen molar-refractivity contribution >= 4 is 34.1 Å². The first-order chi connectivity index (χ1) is 16.2. The summed E-state index contributed by atoms with van der Waals surface area (Å²) < 4.78 is 1.98. The number of anilines is 2.